The number of hydrogen-bond donors (Lipinski definition) is 2. The third kappa shape index (κ3) is 3.93. The highest BCUT2D eigenvalue weighted by atomic mass is 16.3. The predicted molar refractivity (Wildman–Crippen MR) is 81.4 cm³/mol. The Kier molecular flexibility index (Phi) is 4.77. The summed E-state index contributed by atoms with van der Waals surface area (Å²) >= 11 is 0. The fraction of sp³-hybridized carbons (Fsp3) is 0.312. The van der Waals surface area contributed by atoms with Gasteiger partial charge in [0.05, 0.1) is 12.1 Å². The fourth-order valence-corrected chi connectivity index (χ4v) is 2.25. The van der Waals surface area contributed by atoms with Gasteiger partial charge >= 0.3 is 0 Å². The van der Waals surface area contributed by atoms with Gasteiger partial charge in [0.15, 0.2) is 0 Å². The van der Waals surface area contributed by atoms with E-state index in [0.717, 1.165) is 12.3 Å². The van der Waals surface area contributed by atoms with Crippen molar-refractivity contribution < 1.29 is 9.21 Å². The molecule has 2 rings (SSSR count). The highest BCUT2D eigenvalue weighted by molar-refractivity contribution is 5.94. The molecule has 0 spiro atoms. The zero-order valence-corrected chi connectivity index (χ0v) is 12.6. The van der Waals surface area contributed by atoms with Crippen molar-refractivity contribution in [1.29, 1.82) is 0 Å². The first-order valence-corrected chi connectivity index (χ1v) is 6.84. The summed E-state index contributed by atoms with van der Waals surface area (Å²) in [5.74, 6) is 6.15. The van der Waals surface area contributed by atoms with Gasteiger partial charge in [-0.25, -0.2) is 5.84 Å². The van der Waals surface area contributed by atoms with Crippen LogP contribution in [0.1, 0.15) is 33.0 Å². The summed E-state index contributed by atoms with van der Waals surface area (Å²) in [5.41, 5.74) is 5.10. The molecule has 0 aliphatic rings. The van der Waals surface area contributed by atoms with Gasteiger partial charge in [-0.05, 0) is 32.5 Å². The van der Waals surface area contributed by atoms with E-state index in [4.69, 9.17) is 10.3 Å². The second-order valence-electron chi connectivity index (χ2n) is 5.31. The van der Waals surface area contributed by atoms with E-state index in [1.54, 1.807) is 13.0 Å². The Morgan fingerprint density at radius 2 is 1.90 bits per heavy atom. The topological polar surface area (TPSA) is 71.5 Å². The Hall–Kier alpha value is -2.11. The van der Waals surface area contributed by atoms with Crippen LogP contribution in [0.5, 0.6) is 0 Å². The average Bonchev–Trinajstić information content (AvgIpc) is 2.81. The first kappa shape index (κ1) is 15.3. The molecule has 0 atom stereocenters. The van der Waals surface area contributed by atoms with E-state index < -0.39 is 0 Å². The van der Waals surface area contributed by atoms with Gasteiger partial charge in [0.25, 0.3) is 5.91 Å². The number of nitrogens with two attached hydrogens (primary N) is 1. The molecule has 0 saturated carbocycles. The summed E-state index contributed by atoms with van der Waals surface area (Å²) in [6.45, 7) is 5.28. The van der Waals surface area contributed by atoms with Gasteiger partial charge in [0, 0.05) is 6.54 Å². The van der Waals surface area contributed by atoms with Crippen molar-refractivity contribution >= 4 is 5.91 Å². The first-order valence-electron chi connectivity index (χ1n) is 6.84. The maximum absolute atomic E-state index is 11.5. The van der Waals surface area contributed by atoms with E-state index in [2.05, 4.69) is 41.5 Å². The lowest BCUT2D eigenvalue weighted by atomic mass is 10.1. The molecule has 3 N–H and O–H groups in total. The molecule has 5 nitrogen and oxygen atoms in total. The number of hydrazine groups is 1. The molecule has 112 valence electrons. The van der Waals surface area contributed by atoms with Crippen molar-refractivity contribution in [3.05, 3.63) is 58.5 Å². The van der Waals surface area contributed by atoms with Crippen LogP contribution in [0.15, 0.2) is 34.7 Å². The molecule has 1 amide bonds. The molecule has 0 unspecified atom stereocenters. The zero-order chi connectivity index (χ0) is 15.4. The molecule has 21 heavy (non-hydrogen) atoms. The molecule has 1 aromatic heterocycles. The molecule has 0 saturated heterocycles. The predicted octanol–water partition coefficient (Wildman–Crippen LogP) is 2.13. The number of rotatable bonds is 5. The lowest BCUT2D eigenvalue weighted by Gasteiger charge is -2.15. The standard InChI is InChI=1S/C16H21N3O2/c1-11-4-6-13(7-5-11)9-19(3)10-14-8-15(12(2)21-14)16(20)18-17/h4-8H,9-10,17H2,1-3H3,(H,18,20). The molecule has 5 heteroatoms. The minimum absolute atomic E-state index is 0.330. The summed E-state index contributed by atoms with van der Waals surface area (Å²) in [7, 11) is 2.01. The number of furan rings is 1. The van der Waals surface area contributed by atoms with E-state index >= 15 is 0 Å². The van der Waals surface area contributed by atoms with E-state index in [-0.39, 0.29) is 5.91 Å². The van der Waals surface area contributed by atoms with Crippen LogP contribution < -0.4 is 11.3 Å². The first-order chi connectivity index (χ1) is 9.99. The molecule has 2 aromatic rings. The zero-order valence-electron chi connectivity index (χ0n) is 12.6. The Labute approximate surface area is 124 Å². The number of nitrogens with zero attached hydrogens (tertiary/aromatic N) is 1. The molecule has 0 aliphatic heterocycles. The normalized spacial score (nSPS) is 10.9. The smallest absolute Gasteiger partial charge is 0.268 e. The maximum Gasteiger partial charge on any atom is 0.268 e. The van der Waals surface area contributed by atoms with Crippen LogP contribution in [0.4, 0.5) is 0 Å². The van der Waals surface area contributed by atoms with E-state index in [0.29, 0.717) is 17.9 Å². The summed E-state index contributed by atoms with van der Waals surface area (Å²) in [6.07, 6.45) is 0. The Balaban J connectivity index is 2.01. The highest BCUT2D eigenvalue weighted by Gasteiger charge is 2.15. The molecule has 1 aromatic carbocycles. The Morgan fingerprint density at radius 1 is 1.24 bits per heavy atom. The quantitative estimate of drug-likeness (QED) is 0.502. The van der Waals surface area contributed by atoms with Crippen LogP contribution in [0.2, 0.25) is 0 Å². The van der Waals surface area contributed by atoms with Gasteiger partial charge in [-0.15, -0.1) is 0 Å². The number of carbonyl (C=O) groups excluding carboxylic acids is 1. The number of aryl methyl sites for hydroxylation is 2. The van der Waals surface area contributed by atoms with Crippen molar-refractivity contribution in [2.45, 2.75) is 26.9 Å². The van der Waals surface area contributed by atoms with Crippen LogP contribution in [0, 0.1) is 13.8 Å². The summed E-state index contributed by atoms with van der Waals surface area (Å²) < 4.78 is 5.61. The Bertz CT molecular complexity index is 617. The molecular weight excluding hydrogens is 266 g/mol. The summed E-state index contributed by atoms with van der Waals surface area (Å²) in [5, 5.41) is 0. The largest absolute Gasteiger partial charge is 0.464 e. The van der Waals surface area contributed by atoms with Crippen molar-refractivity contribution in [1.82, 2.24) is 10.3 Å². The molecular formula is C16H21N3O2. The number of benzene rings is 1. The monoisotopic (exact) mass is 287 g/mol. The second kappa shape index (κ2) is 6.56. The number of carbonyl (C=O) groups is 1. The van der Waals surface area contributed by atoms with Crippen molar-refractivity contribution in [2.24, 2.45) is 5.84 Å². The number of amides is 1. The van der Waals surface area contributed by atoms with E-state index in [1.165, 1.54) is 11.1 Å². The van der Waals surface area contributed by atoms with Gasteiger partial charge in [-0.1, -0.05) is 29.8 Å². The average molecular weight is 287 g/mol. The van der Waals surface area contributed by atoms with Gasteiger partial charge in [-0.2, -0.15) is 0 Å². The van der Waals surface area contributed by atoms with Crippen LogP contribution in [0.3, 0.4) is 0 Å². The summed E-state index contributed by atoms with van der Waals surface area (Å²) in [6, 6.07) is 10.2. The highest BCUT2D eigenvalue weighted by Crippen LogP contribution is 2.17. The van der Waals surface area contributed by atoms with E-state index in [9.17, 15) is 4.79 Å². The summed E-state index contributed by atoms with van der Waals surface area (Å²) in [4.78, 5) is 13.7. The van der Waals surface area contributed by atoms with Crippen molar-refractivity contribution in [3.63, 3.8) is 0 Å². The van der Waals surface area contributed by atoms with Crippen LogP contribution in [-0.4, -0.2) is 17.9 Å². The molecule has 0 fully saturated rings. The molecule has 0 bridgehead atoms. The maximum atomic E-state index is 11.5. The second-order valence-corrected chi connectivity index (χ2v) is 5.31. The number of nitrogens with one attached hydrogen (secondary N) is 1. The number of nitrogen functional groups attached to an aromatic ring is 1. The minimum Gasteiger partial charge on any atom is -0.464 e. The van der Waals surface area contributed by atoms with Crippen LogP contribution in [0.25, 0.3) is 0 Å². The molecule has 0 aliphatic carbocycles. The molecule has 0 radical (unpaired) electrons. The van der Waals surface area contributed by atoms with Gasteiger partial charge < -0.3 is 4.42 Å². The lowest BCUT2D eigenvalue weighted by Crippen LogP contribution is -2.30. The number of hydrogen-bond acceptors (Lipinski definition) is 4. The van der Waals surface area contributed by atoms with E-state index in [1.807, 2.05) is 7.05 Å². The SMILES string of the molecule is Cc1ccc(CN(C)Cc2cc(C(=O)NN)c(C)o2)cc1. The third-order valence-corrected chi connectivity index (χ3v) is 3.34. The van der Waals surface area contributed by atoms with Crippen LogP contribution in [-0.2, 0) is 13.1 Å². The minimum atomic E-state index is -0.330. The van der Waals surface area contributed by atoms with Crippen molar-refractivity contribution in [3.8, 4) is 0 Å². The lowest BCUT2D eigenvalue weighted by molar-refractivity contribution is 0.0952. The van der Waals surface area contributed by atoms with Crippen LogP contribution >= 0.6 is 0 Å². The third-order valence-electron chi connectivity index (χ3n) is 3.34. The van der Waals surface area contributed by atoms with Crippen molar-refractivity contribution in [2.75, 3.05) is 7.05 Å². The van der Waals surface area contributed by atoms with Gasteiger partial charge in [-0.3, -0.25) is 15.1 Å². The van der Waals surface area contributed by atoms with Gasteiger partial charge in [0.1, 0.15) is 11.5 Å². The van der Waals surface area contributed by atoms with Gasteiger partial charge in [0.2, 0.25) is 0 Å². The Morgan fingerprint density at radius 3 is 2.52 bits per heavy atom. The fourth-order valence-electron chi connectivity index (χ4n) is 2.25. The molecule has 1 heterocycles.